The van der Waals surface area contributed by atoms with Crippen molar-refractivity contribution in [2.45, 2.75) is 37.8 Å². The van der Waals surface area contributed by atoms with E-state index in [-0.39, 0.29) is 18.9 Å². The van der Waals surface area contributed by atoms with Crippen molar-refractivity contribution in [3.8, 4) is 11.1 Å². The topological polar surface area (TPSA) is 123 Å². The zero-order valence-corrected chi connectivity index (χ0v) is 19.6. The summed E-state index contributed by atoms with van der Waals surface area (Å²) in [6.45, 7) is 1.92. The molecule has 2 aromatic carbocycles. The zero-order valence-electron chi connectivity index (χ0n) is 19.6. The average molecular weight is 477 g/mol. The molecule has 0 aliphatic heterocycles. The minimum absolute atomic E-state index is 0.0904. The SMILES string of the molecule is CCC[C@H](NC(=O)C(NC(=O)OCC1c2ccccc2-c2ccccc21)c1ccnn1C)C(=O)O. The fraction of sp³-hybridized carbons (Fsp3) is 0.308. The van der Waals surface area contributed by atoms with E-state index < -0.39 is 30.1 Å². The van der Waals surface area contributed by atoms with Crippen molar-refractivity contribution in [1.29, 1.82) is 0 Å². The highest BCUT2D eigenvalue weighted by Gasteiger charge is 2.32. The third kappa shape index (κ3) is 5.03. The molecule has 9 nitrogen and oxygen atoms in total. The minimum Gasteiger partial charge on any atom is -0.480 e. The Morgan fingerprint density at radius 1 is 1.03 bits per heavy atom. The molecular weight excluding hydrogens is 448 g/mol. The van der Waals surface area contributed by atoms with E-state index in [1.54, 1.807) is 13.1 Å². The fourth-order valence-electron chi connectivity index (χ4n) is 4.50. The number of carboxylic acids is 1. The molecule has 1 aromatic heterocycles. The van der Waals surface area contributed by atoms with Gasteiger partial charge < -0.3 is 20.5 Å². The van der Waals surface area contributed by atoms with Gasteiger partial charge >= 0.3 is 12.1 Å². The summed E-state index contributed by atoms with van der Waals surface area (Å²) in [4.78, 5) is 37.4. The summed E-state index contributed by atoms with van der Waals surface area (Å²) in [6, 6.07) is 15.4. The van der Waals surface area contributed by atoms with E-state index in [9.17, 15) is 19.5 Å². The van der Waals surface area contributed by atoms with Gasteiger partial charge in [0.15, 0.2) is 6.04 Å². The second kappa shape index (κ2) is 10.4. The van der Waals surface area contributed by atoms with Crippen LogP contribution in [0, 0.1) is 0 Å². The molecular formula is C26H28N4O5. The summed E-state index contributed by atoms with van der Waals surface area (Å²) in [5.74, 6) is -1.91. The summed E-state index contributed by atoms with van der Waals surface area (Å²) in [5, 5.41) is 18.6. The number of rotatable bonds is 9. The van der Waals surface area contributed by atoms with Crippen molar-refractivity contribution in [2.24, 2.45) is 7.05 Å². The van der Waals surface area contributed by atoms with Gasteiger partial charge in [0.05, 0.1) is 5.69 Å². The van der Waals surface area contributed by atoms with Crippen molar-refractivity contribution in [3.63, 3.8) is 0 Å². The van der Waals surface area contributed by atoms with Crippen LogP contribution in [-0.2, 0) is 21.4 Å². The highest BCUT2D eigenvalue weighted by atomic mass is 16.5. The first-order valence-corrected chi connectivity index (χ1v) is 11.5. The van der Waals surface area contributed by atoms with Gasteiger partial charge in [0.25, 0.3) is 0 Å². The Morgan fingerprint density at radius 2 is 1.66 bits per heavy atom. The zero-order chi connectivity index (χ0) is 24.9. The molecule has 1 unspecified atom stereocenters. The number of carboxylic acid groups (broad SMARTS) is 1. The van der Waals surface area contributed by atoms with Crippen LogP contribution in [0.1, 0.15) is 48.5 Å². The lowest BCUT2D eigenvalue weighted by Crippen LogP contribution is -2.47. The fourth-order valence-corrected chi connectivity index (χ4v) is 4.50. The number of aromatic nitrogens is 2. The van der Waals surface area contributed by atoms with Crippen LogP contribution >= 0.6 is 0 Å². The third-order valence-electron chi connectivity index (χ3n) is 6.21. The average Bonchev–Trinajstić information content (AvgIpc) is 3.41. The van der Waals surface area contributed by atoms with Gasteiger partial charge in [-0.25, -0.2) is 9.59 Å². The predicted molar refractivity (Wildman–Crippen MR) is 129 cm³/mol. The monoisotopic (exact) mass is 476 g/mol. The lowest BCUT2D eigenvalue weighted by molar-refractivity contribution is -0.142. The number of benzene rings is 2. The van der Waals surface area contributed by atoms with Crippen molar-refractivity contribution in [2.75, 3.05) is 6.61 Å². The van der Waals surface area contributed by atoms with Crippen LogP contribution in [0.2, 0.25) is 0 Å². The Hall–Kier alpha value is -4.14. The van der Waals surface area contributed by atoms with Gasteiger partial charge in [0.1, 0.15) is 12.6 Å². The second-order valence-electron chi connectivity index (χ2n) is 8.47. The quantitative estimate of drug-likeness (QED) is 0.435. The van der Waals surface area contributed by atoms with Gasteiger partial charge in [-0.05, 0) is 34.7 Å². The van der Waals surface area contributed by atoms with Crippen molar-refractivity contribution in [1.82, 2.24) is 20.4 Å². The van der Waals surface area contributed by atoms with E-state index in [1.807, 2.05) is 55.5 Å². The molecule has 182 valence electrons. The van der Waals surface area contributed by atoms with Crippen LogP contribution < -0.4 is 10.6 Å². The number of nitrogens with one attached hydrogen (secondary N) is 2. The molecule has 35 heavy (non-hydrogen) atoms. The number of ether oxygens (including phenoxy) is 1. The number of aliphatic carboxylic acids is 1. The maximum Gasteiger partial charge on any atom is 0.408 e. The van der Waals surface area contributed by atoms with Crippen LogP contribution in [0.4, 0.5) is 4.79 Å². The van der Waals surface area contributed by atoms with Crippen molar-refractivity contribution in [3.05, 3.63) is 77.6 Å². The molecule has 0 saturated carbocycles. The molecule has 0 spiro atoms. The Bertz CT molecular complexity index is 1190. The summed E-state index contributed by atoms with van der Waals surface area (Å²) < 4.78 is 7.03. The molecule has 1 heterocycles. The van der Waals surface area contributed by atoms with Crippen molar-refractivity contribution < 1.29 is 24.2 Å². The van der Waals surface area contributed by atoms with Gasteiger partial charge in [-0.2, -0.15) is 5.10 Å². The summed E-state index contributed by atoms with van der Waals surface area (Å²) in [7, 11) is 1.63. The van der Waals surface area contributed by atoms with Crippen LogP contribution in [0.25, 0.3) is 11.1 Å². The maximum atomic E-state index is 13.0. The highest BCUT2D eigenvalue weighted by Crippen LogP contribution is 2.44. The first kappa shape index (κ1) is 24.0. The van der Waals surface area contributed by atoms with E-state index in [0.29, 0.717) is 12.1 Å². The molecule has 0 radical (unpaired) electrons. The van der Waals surface area contributed by atoms with Crippen molar-refractivity contribution >= 4 is 18.0 Å². The molecule has 3 N–H and O–H groups in total. The lowest BCUT2D eigenvalue weighted by Gasteiger charge is -2.22. The normalized spacial score (nSPS) is 13.9. The van der Waals surface area contributed by atoms with Gasteiger partial charge in [-0.15, -0.1) is 0 Å². The van der Waals surface area contributed by atoms with Crippen LogP contribution in [0.15, 0.2) is 60.8 Å². The standard InChI is InChI=1S/C26H28N4O5/c1-3-8-21(25(32)33)28-24(31)23(22-13-14-27-30(22)2)29-26(34)35-15-20-18-11-6-4-9-16(18)17-10-5-7-12-19(17)20/h4-7,9-14,20-21,23H,3,8,15H2,1-2H3,(H,28,31)(H,29,34)(H,32,33)/t21-,23?/m0/s1. The number of carbonyl (C=O) groups is 3. The molecule has 2 atom stereocenters. The second-order valence-corrected chi connectivity index (χ2v) is 8.47. The van der Waals surface area contributed by atoms with Gasteiger partial charge in [0.2, 0.25) is 5.91 Å². The number of amides is 2. The van der Waals surface area contributed by atoms with E-state index >= 15 is 0 Å². The number of alkyl carbamates (subject to hydrolysis) is 1. The molecule has 9 heteroatoms. The van der Waals surface area contributed by atoms with Crippen LogP contribution in [0.3, 0.4) is 0 Å². The minimum atomic E-state index is -1.17. The number of nitrogens with zero attached hydrogens (tertiary/aromatic N) is 2. The van der Waals surface area contributed by atoms with Crippen LogP contribution in [-0.4, -0.2) is 45.5 Å². The smallest absolute Gasteiger partial charge is 0.408 e. The lowest BCUT2D eigenvalue weighted by atomic mass is 9.98. The summed E-state index contributed by atoms with van der Waals surface area (Å²) in [5.41, 5.74) is 4.77. The number of fused-ring (bicyclic) bond motifs is 3. The molecule has 1 aliphatic carbocycles. The Balaban J connectivity index is 1.49. The maximum absolute atomic E-state index is 13.0. The van der Waals surface area contributed by atoms with E-state index in [2.05, 4.69) is 15.7 Å². The van der Waals surface area contributed by atoms with E-state index in [0.717, 1.165) is 22.3 Å². The van der Waals surface area contributed by atoms with Crippen LogP contribution in [0.5, 0.6) is 0 Å². The molecule has 4 rings (SSSR count). The highest BCUT2D eigenvalue weighted by molar-refractivity contribution is 5.90. The van der Waals surface area contributed by atoms with E-state index in [1.165, 1.54) is 10.9 Å². The molecule has 0 bridgehead atoms. The summed E-state index contributed by atoms with van der Waals surface area (Å²) in [6.07, 6.45) is 1.56. The third-order valence-corrected chi connectivity index (χ3v) is 6.21. The van der Waals surface area contributed by atoms with E-state index in [4.69, 9.17) is 4.74 Å². The Morgan fingerprint density at radius 3 is 2.20 bits per heavy atom. The van der Waals surface area contributed by atoms with Gasteiger partial charge in [-0.3, -0.25) is 9.48 Å². The predicted octanol–water partition coefficient (Wildman–Crippen LogP) is 3.37. The summed E-state index contributed by atoms with van der Waals surface area (Å²) >= 11 is 0. The Kier molecular flexibility index (Phi) is 7.14. The number of hydrogen-bond donors (Lipinski definition) is 3. The molecule has 1 aliphatic rings. The first-order valence-electron chi connectivity index (χ1n) is 11.5. The molecule has 3 aromatic rings. The van der Waals surface area contributed by atoms with Gasteiger partial charge in [-0.1, -0.05) is 61.9 Å². The molecule has 0 saturated heterocycles. The molecule has 0 fully saturated rings. The number of hydrogen-bond acceptors (Lipinski definition) is 5. The Labute approximate surface area is 203 Å². The first-order chi connectivity index (χ1) is 16.9. The number of aryl methyl sites for hydroxylation is 1. The number of carbonyl (C=O) groups excluding carboxylic acids is 2. The largest absolute Gasteiger partial charge is 0.480 e. The van der Waals surface area contributed by atoms with Gasteiger partial charge in [0, 0.05) is 19.2 Å². The molecule has 2 amide bonds.